The molecule has 0 aliphatic carbocycles. The molecular formula is C16H16BrNO2. The Morgan fingerprint density at radius 1 is 1.25 bits per heavy atom. The van der Waals surface area contributed by atoms with Gasteiger partial charge in [-0.15, -0.1) is 0 Å². The van der Waals surface area contributed by atoms with Crippen LogP contribution in [-0.2, 0) is 6.42 Å². The number of carbonyl (C=O) groups is 1. The second-order valence-corrected chi connectivity index (χ2v) is 5.40. The highest BCUT2D eigenvalue weighted by atomic mass is 79.9. The quantitative estimate of drug-likeness (QED) is 0.748. The van der Waals surface area contributed by atoms with Gasteiger partial charge >= 0.3 is 0 Å². The maximum atomic E-state index is 12.2. The van der Waals surface area contributed by atoms with Crippen LogP contribution in [0.4, 0.5) is 0 Å². The zero-order valence-electron chi connectivity index (χ0n) is 11.3. The first-order chi connectivity index (χ1) is 9.69. The van der Waals surface area contributed by atoms with E-state index in [1.165, 1.54) is 0 Å². The Morgan fingerprint density at radius 3 is 2.70 bits per heavy atom. The highest BCUT2D eigenvalue weighted by Gasteiger charge is 2.09. The lowest BCUT2D eigenvalue weighted by atomic mass is 10.0. The van der Waals surface area contributed by atoms with Gasteiger partial charge in [0.15, 0.2) is 5.78 Å². The van der Waals surface area contributed by atoms with Crippen molar-refractivity contribution in [2.45, 2.75) is 19.8 Å². The Balaban J connectivity index is 2.06. The monoisotopic (exact) mass is 333 g/mol. The summed E-state index contributed by atoms with van der Waals surface area (Å²) in [5.74, 6) is 0.690. The number of rotatable bonds is 6. The standard InChI is InChI=1S/C16H16BrNO2/c1-2-7-20-15-9-13(10-18-11-15)16(19)8-12-3-5-14(17)6-4-12/h3-6,9-11H,2,7-8H2,1H3. The fourth-order valence-electron chi connectivity index (χ4n) is 1.76. The summed E-state index contributed by atoms with van der Waals surface area (Å²) in [5, 5.41) is 0. The van der Waals surface area contributed by atoms with E-state index < -0.39 is 0 Å². The summed E-state index contributed by atoms with van der Waals surface area (Å²) in [6.45, 7) is 2.67. The van der Waals surface area contributed by atoms with Crippen molar-refractivity contribution in [1.82, 2.24) is 4.98 Å². The Bertz CT molecular complexity index is 581. The number of hydrogen-bond donors (Lipinski definition) is 0. The zero-order valence-corrected chi connectivity index (χ0v) is 12.9. The van der Waals surface area contributed by atoms with E-state index >= 15 is 0 Å². The average molecular weight is 334 g/mol. The number of ether oxygens (including phenoxy) is 1. The van der Waals surface area contributed by atoms with Crippen molar-refractivity contribution >= 4 is 21.7 Å². The second-order valence-electron chi connectivity index (χ2n) is 4.48. The number of ketones is 1. The van der Waals surface area contributed by atoms with Gasteiger partial charge in [-0.2, -0.15) is 0 Å². The van der Waals surface area contributed by atoms with Crippen molar-refractivity contribution in [3.63, 3.8) is 0 Å². The molecule has 0 radical (unpaired) electrons. The molecule has 1 aromatic heterocycles. The van der Waals surface area contributed by atoms with Crippen LogP contribution in [0.15, 0.2) is 47.2 Å². The first kappa shape index (κ1) is 14.7. The van der Waals surface area contributed by atoms with Gasteiger partial charge in [0.05, 0.1) is 12.8 Å². The van der Waals surface area contributed by atoms with Crippen LogP contribution < -0.4 is 4.74 Å². The third-order valence-corrected chi connectivity index (χ3v) is 3.31. The molecule has 0 spiro atoms. The van der Waals surface area contributed by atoms with E-state index in [0.29, 0.717) is 24.3 Å². The van der Waals surface area contributed by atoms with E-state index in [1.807, 2.05) is 31.2 Å². The molecule has 0 saturated heterocycles. The van der Waals surface area contributed by atoms with Gasteiger partial charge in [0.2, 0.25) is 0 Å². The van der Waals surface area contributed by atoms with Crippen molar-refractivity contribution in [2.24, 2.45) is 0 Å². The number of carbonyl (C=O) groups excluding carboxylic acids is 1. The summed E-state index contributed by atoms with van der Waals surface area (Å²) in [4.78, 5) is 16.3. The first-order valence-corrected chi connectivity index (χ1v) is 7.34. The molecule has 104 valence electrons. The number of nitrogens with zero attached hydrogens (tertiary/aromatic N) is 1. The molecule has 0 aliphatic rings. The molecule has 2 rings (SSSR count). The Labute approximate surface area is 127 Å². The highest BCUT2D eigenvalue weighted by molar-refractivity contribution is 9.10. The van der Waals surface area contributed by atoms with E-state index in [4.69, 9.17) is 4.74 Å². The summed E-state index contributed by atoms with van der Waals surface area (Å²) in [5.41, 5.74) is 1.57. The molecule has 0 unspecified atom stereocenters. The molecule has 0 fully saturated rings. The molecule has 0 aliphatic heterocycles. The lowest BCUT2D eigenvalue weighted by Gasteiger charge is -2.06. The van der Waals surface area contributed by atoms with Gasteiger partial charge in [0.25, 0.3) is 0 Å². The minimum Gasteiger partial charge on any atom is -0.492 e. The third kappa shape index (κ3) is 4.17. The topological polar surface area (TPSA) is 39.2 Å². The van der Waals surface area contributed by atoms with Crippen LogP contribution in [-0.4, -0.2) is 17.4 Å². The minimum atomic E-state index is 0.0433. The maximum absolute atomic E-state index is 12.2. The van der Waals surface area contributed by atoms with E-state index in [2.05, 4.69) is 20.9 Å². The van der Waals surface area contributed by atoms with Crippen molar-refractivity contribution in [2.75, 3.05) is 6.61 Å². The number of benzene rings is 1. The Hall–Kier alpha value is -1.68. The normalized spacial score (nSPS) is 10.3. The molecule has 0 atom stereocenters. The predicted molar refractivity (Wildman–Crippen MR) is 82.2 cm³/mol. The van der Waals surface area contributed by atoms with Crippen LogP contribution in [0.5, 0.6) is 5.75 Å². The smallest absolute Gasteiger partial charge is 0.168 e. The molecule has 4 heteroatoms. The summed E-state index contributed by atoms with van der Waals surface area (Å²) in [6.07, 6.45) is 4.51. The third-order valence-electron chi connectivity index (χ3n) is 2.79. The lowest BCUT2D eigenvalue weighted by molar-refractivity contribution is 0.0992. The Morgan fingerprint density at radius 2 is 2.00 bits per heavy atom. The molecule has 1 aromatic carbocycles. The molecular weight excluding hydrogens is 318 g/mol. The number of pyridine rings is 1. The highest BCUT2D eigenvalue weighted by Crippen LogP contribution is 2.15. The summed E-state index contributed by atoms with van der Waals surface area (Å²) < 4.78 is 6.50. The largest absolute Gasteiger partial charge is 0.492 e. The molecule has 1 heterocycles. The van der Waals surface area contributed by atoms with Crippen LogP contribution in [0.1, 0.15) is 29.3 Å². The average Bonchev–Trinajstić information content (AvgIpc) is 2.48. The van der Waals surface area contributed by atoms with Gasteiger partial charge in [-0.25, -0.2) is 0 Å². The van der Waals surface area contributed by atoms with Gasteiger partial charge < -0.3 is 4.74 Å². The molecule has 0 saturated carbocycles. The number of aromatic nitrogens is 1. The van der Waals surface area contributed by atoms with Crippen LogP contribution in [0.3, 0.4) is 0 Å². The number of halogens is 1. The van der Waals surface area contributed by atoms with Crippen molar-refractivity contribution in [1.29, 1.82) is 0 Å². The zero-order chi connectivity index (χ0) is 14.4. The summed E-state index contributed by atoms with van der Waals surface area (Å²) in [7, 11) is 0. The van der Waals surface area contributed by atoms with Crippen LogP contribution >= 0.6 is 15.9 Å². The van der Waals surface area contributed by atoms with Gasteiger partial charge in [0, 0.05) is 22.7 Å². The molecule has 0 bridgehead atoms. The van der Waals surface area contributed by atoms with E-state index in [0.717, 1.165) is 16.5 Å². The van der Waals surface area contributed by atoms with Crippen molar-refractivity contribution in [3.8, 4) is 5.75 Å². The fourth-order valence-corrected chi connectivity index (χ4v) is 2.02. The number of hydrogen-bond acceptors (Lipinski definition) is 3. The van der Waals surface area contributed by atoms with Crippen LogP contribution in [0, 0.1) is 0 Å². The second kappa shape index (κ2) is 7.20. The molecule has 3 nitrogen and oxygen atoms in total. The lowest BCUT2D eigenvalue weighted by Crippen LogP contribution is -2.05. The minimum absolute atomic E-state index is 0.0433. The maximum Gasteiger partial charge on any atom is 0.168 e. The van der Waals surface area contributed by atoms with E-state index in [9.17, 15) is 4.79 Å². The van der Waals surface area contributed by atoms with E-state index in [1.54, 1.807) is 18.5 Å². The molecule has 0 amide bonds. The first-order valence-electron chi connectivity index (χ1n) is 6.54. The SMILES string of the molecule is CCCOc1cncc(C(=O)Cc2ccc(Br)cc2)c1. The van der Waals surface area contributed by atoms with Gasteiger partial charge in [0.1, 0.15) is 5.75 Å². The van der Waals surface area contributed by atoms with Crippen molar-refractivity contribution in [3.05, 3.63) is 58.3 Å². The van der Waals surface area contributed by atoms with Crippen LogP contribution in [0.25, 0.3) is 0 Å². The van der Waals surface area contributed by atoms with Gasteiger partial charge in [-0.1, -0.05) is 35.0 Å². The van der Waals surface area contributed by atoms with Crippen LogP contribution in [0.2, 0.25) is 0 Å². The van der Waals surface area contributed by atoms with Gasteiger partial charge in [-0.3, -0.25) is 9.78 Å². The molecule has 0 N–H and O–H groups in total. The summed E-state index contributed by atoms with van der Waals surface area (Å²) >= 11 is 3.38. The summed E-state index contributed by atoms with van der Waals surface area (Å²) in [6, 6.07) is 9.49. The molecule has 2 aromatic rings. The fraction of sp³-hybridized carbons (Fsp3) is 0.250. The Kier molecular flexibility index (Phi) is 5.30. The van der Waals surface area contributed by atoms with Crippen molar-refractivity contribution < 1.29 is 9.53 Å². The van der Waals surface area contributed by atoms with Gasteiger partial charge in [-0.05, 0) is 30.2 Å². The molecule has 20 heavy (non-hydrogen) atoms. The predicted octanol–water partition coefficient (Wildman–Crippen LogP) is 4.06. The van der Waals surface area contributed by atoms with E-state index in [-0.39, 0.29) is 5.78 Å². The number of Topliss-reactive ketones (excluding diaryl/α,β-unsaturated/α-hetero) is 1.